The first-order chi connectivity index (χ1) is 16.5. The molecule has 34 heavy (non-hydrogen) atoms. The van der Waals surface area contributed by atoms with E-state index in [4.69, 9.17) is 13.9 Å². The van der Waals surface area contributed by atoms with Gasteiger partial charge < -0.3 is 19.2 Å². The molecule has 174 valence electrons. The molecule has 0 bridgehead atoms. The lowest BCUT2D eigenvalue weighted by Crippen LogP contribution is -2.12. The van der Waals surface area contributed by atoms with Crippen LogP contribution in [0.5, 0.6) is 11.5 Å². The van der Waals surface area contributed by atoms with E-state index in [0.29, 0.717) is 17.2 Å². The average molecular weight is 465 g/mol. The van der Waals surface area contributed by atoms with Gasteiger partial charge in [-0.2, -0.15) is 0 Å². The van der Waals surface area contributed by atoms with Crippen molar-refractivity contribution in [2.45, 2.75) is 19.4 Å². The zero-order valence-electron chi connectivity index (χ0n) is 18.3. The normalized spacial score (nSPS) is 10.7. The molecule has 0 atom stereocenters. The third kappa shape index (κ3) is 5.55. The molecule has 2 aromatic carbocycles. The lowest BCUT2D eigenvalue weighted by Gasteiger charge is -2.13. The number of aryl methyl sites for hydroxylation is 1. The number of pyridine rings is 1. The lowest BCUT2D eigenvalue weighted by molar-refractivity contribution is -0.116. The summed E-state index contributed by atoms with van der Waals surface area (Å²) in [6.07, 6.45) is 4.83. The van der Waals surface area contributed by atoms with Crippen LogP contribution in [0, 0.1) is 11.6 Å². The Bertz CT molecular complexity index is 1260. The minimum Gasteiger partial charge on any atom is -0.493 e. The number of hydrogen-bond donors (Lipinski definition) is 1. The van der Waals surface area contributed by atoms with Crippen LogP contribution in [-0.2, 0) is 17.8 Å². The number of nitrogens with one attached hydrogen (secondary N) is 1. The second-order valence-corrected chi connectivity index (χ2v) is 7.28. The van der Waals surface area contributed by atoms with Crippen LogP contribution in [0.15, 0.2) is 71.5 Å². The predicted octanol–water partition coefficient (Wildman–Crippen LogP) is 5.17. The number of halogens is 2. The first-order valence-corrected chi connectivity index (χ1v) is 10.4. The smallest absolute Gasteiger partial charge is 0.224 e. The largest absolute Gasteiger partial charge is 0.493 e. The average Bonchev–Trinajstić information content (AvgIpc) is 3.30. The molecule has 0 saturated heterocycles. The summed E-state index contributed by atoms with van der Waals surface area (Å²) in [5, 5.41) is 2.78. The number of hydrogen-bond acceptors (Lipinski definition) is 6. The Morgan fingerprint density at radius 1 is 1.06 bits per heavy atom. The van der Waals surface area contributed by atoms with Crippen molar-refractivity contribution in [2.24, 2.45) is 0 Å². The van der Waals surface area contributed by atoms with Gasteiger partial charge in [0.05, 0.1) is 18.9 Å². The summed E-state index contributed by atoms with van der Waals surface area (Å²) in [6, 6.07) is 12.3. The summed E-state index contributed by atoms with van der Waals surface area (Å²) in [4.78, 5) is 20.5. The van der Waals surface area contributed by atoms with Gasteiger partial charge in [-0.05, 0) is 30.3 Å². The molecule has 0 aliphatic heterocycles. The van der Waals surface area contributed by atoms with Gasteiger partial charge in [0, 0.05) is 42.6 Å². The summed E-state index contributed by atoms with van der Waals surface area (Å²) in [7, 11) is 1.53. The zero-order chi connectivity index (χ0) is 23.9. The molecular weight excluding hydrogens is 444 g/mol. The Morgan fingerprint density at radius 3 is 2.62 bits per heavy atom. The summed E-state index contributed by atoms with van der Waals surface area (Å²) < 4.78 is 44.4. The van der Waals surface area contributed by atoms with Gasteiger partial charge in [0.2, 0.25) is 5.91 Å². The standard InChI is InChI=1S/C25H21F2N3O4/c1-32-20-8-7-17(12-21(20)33-15-16-4-3-11-28-13-16)30-23(31)9-10-24-29-14-22(34-24)25-18(26)5-2-6-19(25)27/h2-8,11-14H,9-10,15H2,1H3,(H,30,31). The summed E-state index contributed by atoms with van der Waals surface area (Å²) in [5.74, 6) is -0.634. The van der Waals surface area contributed by atoms with Crippen molar-refractivity contribution < 1.29 is 27.5 Å². The molecule has 4 rings (SSSR count). The molecule has 0 unspecified atom stereocenters. The van der Waals surface area contributed by atoms with E-state index < -0.39 is 11.6 Å². The van der Waals surface area contributed by atoms with Gasteiger partial charge in [0.15, 0.2) is 23.1 Å². The summed E-state index contributed by atoms with van der Waals surface area (Å²) >= 11 is 0. The van der Waals surface area contributed by atoms with E-state index in [1.807, 2.05) is 12.1 Å². The van der Waals surface area contributed by atoms with E-state index in [1.165, 1.54) is 19.4 Å². The number of oxazole rings is 1. The highest BCUT2D eigenvalue weighted by molar-refractivity contribution is 5.91. The molecule has 0 saturated carbocycles. The van der Waals surface area contributed by atoms with Crippen LogP contribution >= 0.6 is 0 Å². The molecule has 0 fully saturated rings. The third-order valence-electron chi connectivity index (χ3n) is 4.89. The van der Waals surface area contributed by atoms with Crippen LogP contribution in [-0.4, -0.2) is 23.0 Å². The van der Waals surface area contributed by atoms with E-state index >= 15 is 0 Å². The fourth-order valence-electron chi connectivity index (χ4n) is 3.23. The van der Waals surface area contributed by atoms with Gasteiger partial charge in [-0.3, -0.25) is 9.78 Å². The van der Waals surface area contributed by atoms with E-state index in [1.54, 1.807) is 30.6 Å². The molecule has 0 aliphatic carbocycles. The molecule has 9 heteroatoms. The number of methoxy groups -OCH3 is 1. The second kappa shape index (κ2) is 10.6. The SMILES string of the molecule is COc1ccc(NC(=O)CCc2ncc(-c3c(F)cccc3F)o2)cc1OCc1cccnc1. The predicted molar refractivity (Wildman–Crippen MR) is 120 cm³/mol. The van der Waals surface area contributed by atoms with Gasteiger partial charge in [0.1, 0.15) is 18.2 Å². The quantitative estimate of drug-likeness (QED) is 0.367. The van der Waals surface area contributed by atoms with Crippen LogP contribution in [0.1, 0.15) is 17.9 Å². The lowest BCUT2D eigenvalue weighted by atomic mass is 10.1. The van der Waals surface area contributed by atoms with Crippen molar-refractivity contribution in [3.8, 4) is 22.8 Å². The minimum atomic E-state index is -0.749. The molecular formula is C25H21F2N3O4. The Morgan fingerprint density at radius 2 is 1.88 bits per heavy atom. The zero-order valence-corrected chi connectivity index (χ0v) is 18.3. The molecule has 1 N–H and O–H groups in total. The van der Waals surface area contributed by atoms with Crippen LogP contribution < -0.4 is 14.8 Å². The number of carbonyl (C=O) groups is 1. The van der Waals surface area contributed by atoms with Crippen LogP contribution in [0.3, 0.4) is 0 Å². The number of ether oxygens (including phenoxy) is 2. The number of amides is 1. The summed E-state index contributed by atoms with van der Waals surface area (Å²) in [5.41, 5.74) is 1.12. The van der Waals surface area contributed by atoms with Gasteiger partial charge in [-0.25, -0.2) is 13.8 Å². The minimum absolute atomic E-state index is 0.0310. The topological polar surface area (TPSA) is 86.5 Å². The highest BCUT2D eigenvalue weighted by atomic mass is 19.1. The summed E-state index contributed by atoms with van der Waals surface area (Å²) in [6.45, 7) is 0.288. The van der Waals surface area contributed by atoms with Crippen molar-refractivity contribution in [1.82, 2.24) is 9.97 Å². The fraction of sp³-hybridized carbons (Fsp3) is 0.160. The van der Waals surface area contributed by atoms with Crippen LogP contribution in [0.4, 0.5) is 14.5 Å². The highest BCUT2D eigenvalue weighted by Gasteiger charge is 2.16. The number of benzene rings is 2. The molecule has 1 amide bonds. The van der Waals surface area contributed by atoms with E-state index in [2.05, 4.69) is 15.3 Å². The van der Waals surface area contributed by atoms with E-state index in [9.17, 15) is 13.6 Å². The van der Waals surface area contributed by atoms with Crippen molar-refractivity contribution in [3.05, 3.63) is 90.2 Å². The maximum absolute atomic E-state index is 13.9. The van der Waals surface area contributed by atoms with Gasteiger partial charge >= 0.3 is 0 Å². The first kappa shape index (κ1) is 22.9. The monoisotopic (exact) mass is 465 g/mol. The number of carbonyl (C=O) groups excluding carboxylic acids is 1. The van der Waals surface area contributed by atoms with Crippen LogP contribution in [0.2, 0.25) is 0 Å². The van der Waals surface area contributed by atoms with Crippen molar-refractivity contribution in [3.63, 3.8) is 0 Å². The molecule has 0 spiro atoms. The number of anilines is 1. The molecule has 7 nitrogen and oxygen atoms in total. The van der Waals surface area contributed by atoms with E-state index in [0.717, 1.165) is 17.7 Å². The molecule has 2 aromatic heterocycles. The Hall–Kier alpha value is -4.27. The third-order valence-corrected chi connectivity index (χ3v) is 4.89. The van der Waals surface area contributed by atoms with Gasteiger partial charge in [0.25, 0.3) is 0 Å². The Balaban J connectivity index is 1.36. The maximum atomic E-state index is 13.9. The second-order valence-electron chi connectivity index (χ2n) is 7.28. The Kier molecular flexibility index (Phi) is 7.12. The van der Waals surface area contributed by atoms with Crippen LogP contribution in [0.25, 0.3) is 11.3 Å². The first-order valence-electron chi connectivity index (χ1n) is 10.4. The van der Waals surface area contributed by atoms with E-state index in [-0.39, 0.29) is 42.6 Å². The number of nitrogens with zero attached hydrogens (tertiary/aromatic N) is 2. The highest BCUT2D eigenvalue weighted by Crippen LogP contribution is 2.31. The molecule has 0 aliphatic rings. The molecule has 0 radical (unpaired) electrons. The van der Waals surface area contributed by atoms with Crippen molar-refractivity contribution >= 4 is 11.6 Å². The number of rotatable bonds is 9. The fourth-order valence-corrected chi connectivity index (χ4v) is 3.23. The molecule has 4 aromatic rings. The Labute approximate surface area is 194 Å². The van der Waals surface area contributed by atoms with Crippen molar-refractivity contribution in [1.29, 1.82) is 0 Å². The van der Waals surface area contributed by atoms with Gasteiger partial charge in [-0.15, -0.1) is 0 Å². The van der Waals surface area contributed by atoms with Crippen molar-refractivity contribution in [2.75, 3.05) is 12.4 Å². The molecule has 2 heterocycles. The van der Waals surface area contributed by atoms with Gasteiger partial charge in [-0.1, -0.05) is 12.1 Å². The maximum Gasteiger partial charge on any atom is 0.224 e. The number of aromatic nitrogens is 2.